The van der Waals surface area contributed by atoms with Gasteiger partial charge >= 0.3 is 0 Å². The van der Waals surface area contributed by atoms with Crippen LogP contribution >= 0.6 is 0 Å². The van der Waals surface area contributed by atoms with Gasteiger partial charge in [-0.2, -0.15) is 4.98 Å². The molecule has 0 bridgehead atoms. The van der Waals surface area contributed by atoms with E-state index in [0.717, 1.165) is 11.1 Å². The van der Waals surface area contributed by atoms with E-state index in [4.69, 9.17) is 23.9 Å². The Morgan fingerprint density at radius 3 is 2.24 bits per heavy atom. The molecule has 0 aliphatic carbocycles. The molecule has 0 fully saturated rings. The van der Waals surface area contributed by atoms with Crippen LogP contribution in [0, 0.1) is 0 Å². The summed E-state index contributed by atoms with van der Waals surface area (Å²) in [7, 11) is -2.68. The van der Waals surface area contributed by atoms with Crippen LogP contribution in [0.5, 0.6) is 23.1 Å². The van der Waals surface area contributed by atoms with Gasteiger partial charge < -0.3 is 18.9 Å². The Bertz CT molecular complexity index is 2170. The highest BCUT2D eigenvalue weighted by atomic mass is 32.2. The van der Waals surface area contributed by atoms with E-state index in [1.165, 1.54) is 7.11 Å². The number of nitrogens with one attached hydrogen (secondary N) is 2. The lowest BCUT2D eigenvalue weighted by Gasteiger charge is -2.20. The van der Waals surface area contributed by atoms with Crippen LogP contribution in [0.4, 0.5) is 5.82 Å². The first-order valence-corrected chi connectivity index (χ1v) is 17.5. The lowest BCUT2D eigenvalue weighted by Crippen LogP contribution is -2.17. The number of hydrogen-bond acceptors (Lipinski definition) is 11. The molecule has 0 radical (unpaired) electrons. The quantitative estimate of drug-likeness (QED) is 0.114. The second kappa shape index (κ2) is 15.4. The average molecular weight is 708 g/mol. The third kappa shape index (κ3) is 8.66. The average Bonchev–Trinajstić information content (AvgIpc) is 3.68. The molecule has 0 spiro atoms. The number of aromatic amines is 1. The molecule has 14 heteroatoms. The fourth-order valence-electron chi connectivity index (χ4n) is 5.00. The van der Waals surface area contributed by atoms with Crippen molar-refractivity contribution >= 4 is 15.8 Å². The zero-order chi connectivity index (χ0) is 35.8. The van der Waals surface area contributed by atoms with Crippen LogP contribution in [-0.2, 0) is 26.8 Å². The van der Waals surface area contributed by atoms with Gasteiger partial charge in [-0.3, -0.25) is 4.72 Å². The number of benzene rings is 4. The maximum absolute atomic E-state index is 14.0. The van der Waals surface area contributed by atoms with Crippen LogP contribution in [-0.4, -0.2) is 59.3 Å². The van der Waals surface area contributed by atoms with Crippen LogP contribution in [0.25, 0.3) is 22.8 Å². The highest BCUT2D eigenvalue weighted by molar-refractivity contribution is 7.92. The Labute approximate surface area is 296 Å². The van der Waals surface area contributed by atoms with Crippen molar-refractivity contribution in [1.82, 2.24) is 30.6 Å². The predicted octanol–water partition coefficient (Wildman–Crippen LogP) is 6.82. The molecule has 0 atom stereocenters. The molecular weight excluding hydrogens is 671 g/mol. The zero-order valence-corrected chi connectivity index (χ0v) is 29.3. The van der Waals surface area contributed by atoms with Gasteiger partial charge in [0.25, 0.3) is 15.9 Å². The lowest BCUT2D eigenvalue weighted by molar-refractivity contribution is 0.0866. The van der Waals surface area contributed by atoms with Crippen molar-refractivity contribution in [3.8, 4) is 45.9 Å². The van der Waals surface area contributed by atoms with E-state index in [0.29, 0.717) is 29.3 Å². The fourth-order valence-corrected chi connectivity index (χ4v) is 6.01. The minimum absolute atomic E-state index is 0.0262. The topological polar surface area (TPSA) is 163 Å². The van der Waals surface area contributed by atoms with Crippen LogP contribution in [0.15, 0.2) is 108 Å². The van der Waals surface area contributed by atoms with Crippen molar-refractivity contribution < 1.29 is 27.4 Å². The largest absolute Gasteiger partial charge is 0.493 e. The molecule has 2 aromatic heterocycles. The minimum atomic E-state index is -4.19. The van der Waals surface area contributed by atoms with Crippen molar-refractivity contribution in [3.63, 3.8) is 0 Å². The Hall–Kier alpha value is -5.86. The Morgan fingerprint density at radius 2 is 1.53 bits per heavy atom. The molecule has 6 rings (SSSR count). The van der Waals surface area contributed by atoms with Gasteiger partial charge in [0.05, 0.1) is 25.2 Å². The van der Waals surface area contributed by atoms with Gasteiger partial charge in [0.15, 0.2) is 29.0 Å². The summed E-state index contributed by atoms with van der Waals surface area (Å²) in [5, 5.41) is 14.1. The molecule has 2 N–H and O–H groups in total. The first kappa shape index (κ1) is 35.0. The van der Waals surface area contributed by atoms with E-state index in [-0.39, 0.29) is 52.5 Å². The smallest absolute Gasteiger partial charge is 0.263 e. The van der Waals surface area contributed by atoms with Crippen molar-refractivity contribution in [2.75, 3.05) is 25.0 Å². The maximum atomic E-state index is 14.0. The maximum Gasteiger partial charge on any atom is 0.263 e. The van der Waals surface area contributed by atoms with Crippen LogP contribution in [0.1, 0.15) is 31.9 Å². The van der Waals surface area contributed by atoms with Gasteiger partial charge in [0.2, 0.25) is 5.75 Å². The molecular formula is C37H37N7O6S. The summed E-state index contributed by atoms with van der Waals surface area (Å²) >= 11 is 0. The van der Waals surface area contributed by atoms with Crippen LogP contribution in [0.2, 0.25) is 0 Å². The second-order valence-electron chi connectivity index (χ2n) is 12.4. The monoisotopic (exact) mass is 707 g/mol. The molecule has 4 aromatic carbocycles. The Kier molecular flexibility index (Phi) is 10.5. The standard InChI is InChI=1S/C37H37N7O6S/c1-37(2,3)28-17-19-29(20-18-28)51(45,46)42-35-32(50-31-16-9-8-15-30(31)47-4)36(49-22-21-48-24-25-11-6-5-7-12-25)39-33(38-35)26-13-10-14-27(23-26)34-40-43-44-41-34/h5-20,23H,21-22,24H2,1-4H3,(H,38,39,42)(H,40,41,43,44). The van der Waals surface area contributed by atoms with Crippen molar-refractivity contribution in [2.45, 2.75) is 37.7 Å². The third-order valence-electron chi connectivity index (χ3n) is 7.69. The van der Waals surface area contributed by atoms with Crippen molar-refractivity contribution in [1.29, 1.82) is 0 Å². The summed E-state index contributed by atoms with van der Waals surface area (Å²) in [6.45, 7) is 6.82. The number of hydrogen-bond donors (Lipinski definition) is 2. The number of methoxy groups -OCH3 is 1. The number of H-pyrrole nitrogens is 1. The van der Waals surface area contributed by atoms with Gasteiger partial charge in [-0.15, -0.1) is 5.10 Å². The highest BCUT2D eigenvalue weighted by Crippen LogP contribution is 2.42. The Balaban J connectivity index is 1.42. The zero-order valence-electron chi connectivity index (χ0n) is 28.5. The first-order chi connectivity index (χ1) is 24.6. The van der Waals surface area contributed by atoms with E-state index in [1.807, 2.05) is 36.4 Å². The van der Waals surface area contributed by atoms with E-state index in [1.54, 1.807) is 66.7 Å². The number of tetrazole rings is 1. The Morgan fingerprint density at radius 1 is 0.804 bits per heavy atom. The molecule has 0 amide bonds. The molecule has 0 unspecified atom stereocenters. The number of nitrogens with zero attached hydrogens (tertiary/aromatic N) is 5. The molecule has 0 saturated carbocycles. The summed E-state index contributed by atoms with van der Waals surface area (Å²) in [5.74, 6) is 1.02. The third-order valence-corrected chi connectivity index (χ3v) is 9.05. The summed E-state index contributed by atoms with van der Waals surface area (Å²) in [6, 6.07) is 30.5. The van der Waals surface area contributed by atoms with E-state index in [9.17, 15) is 8.42 Å². The SMILES string of the molecule is COc1ccccc1Oc1c(NS(=O)(=O)c2ccc(C(C)(C)C)cc2)nc(-c2cccc(-c3nnn[nH]3)c2)nc1OCCOCc1ccccc1. The predicted molar refractivity (Wildman–Crippen MR) is 191 cm³/mol. The van der Waals surface area contributed by atoms with Crippen LogP contribution in [0.3, 0.4) is 0 Å². The molecule has 51 heavy (non-hydrogen) atoms. The van der Waals surface area contributed by atoms with Gasteiger partial charge in [-0.25, -0.2) is 18.5 Å². The molecule has 262 valence electrons. The summed E-state index contributed by atoms with van der Waals surface area (Å²) in [5.41, 5.74) is 3.02. The summed E-state index contributed by atoms with van der Waals surface area (Å²) < 4.78 is 54.4. The molecule has 13 nitrogen and oxygen atoms in total. The fraction of sp³-hybridized carbons (Fsp3) is 0.216. The number of aromatic nitrogens is 6. The molecule has 6 aromatic rings. The molecule has 2 heterocycles. The van der Waals surface area contributed by atoms with E-state index < -0.39 is 10.0 Å². The summed E-state index contributed by atoms with van der Waals surface area (Å²) in [4.78, 5) is 9.45. The van der Waals surface area contributed by atoms with E-state index in [2.05, 4.69) is 51.1 Å². The number of sulfonamides is 1. The van der Waals surface area contributed by atoms with Gasteiger partial charge in [0.1, 0.15) is 6.61 Å². The number of para-hydroxylation sites is 2. The number of ether oxygens (including phenoxy) is 4. The second-order valence-corrected chi connectivity index (χ2v) is 14.1. The molecule has 0 aliphatic heterocycles. The van der Waals surface area contributed by atoms with Gasteiger partial charge in [-0.1, -0.05) is 93.6 Å². The summed E-state index contributed by atoms with van der Waals surface area (Å²) in [6.07, 6.45) is 0. The van der Waals surface area contributed by atoms with Crippen molar-refractivity contribution in [3.05, 3.63) is 114 Å². The minimum Gasteiger partial charge on any atom is -0.493 e. The normalized spacial score (nSPS) is 11.6. The highest BCUT2D eigenvalue weighted by Gasteiger charge is 2.26. The van der Waals surface area contributed by atoms with Gasteiger partial charge in [0, 0.05) is 11.1 Å². The van der Waals surface area contributed by atoms with Gasteiger partial charge in [-0.05, 0) is 57.3 Å². The number of rotatable bonds is 14. The van der Waals surface area contributed by atoms with Crippen LogP contribution < -0.4 is 18.9 Å². The molecule has 0 saturated heterocycles. The van der Waals surface area contributed by atoms with E-state index >= 15 is 0 Å². The lowest BCUT2D eigenvalue weighted by atomic mass is 9.87. The van der Waals surface area contributed by atoms with Crippen molar-refractivity contribution in [2.24, 2.45) is 0 Å². The first-order valence-electron chi connectivity index (χ1n) is 16.1. The molecule has 0 aliphatic rings. The number of anilines is 1.